The van der Waals surface area contributed by atoms with Crippen molar-refractivity contribution in [2.75, 3.05) is 0 Å². The lowest BCUT2D eigenvalue weighted by Gasteiger charge is -2.11. The fraction of sp³-hybridized carbons (Fsp3) is 0.647. The van der Waals surface area contributed by atoms with Gasteiger partial charge in [0.15, 0.2) is 0 Å². The van der Waals surface area contributed by atoms with E-state index in [-0.39, 0.29) is 0 Å². The van der Waals surface area contributed by atoms with Gasteiger partial charge in [-0.2, -0.15) is 0 Å². The summed E-state index contributed by atoms with van der Waals surface area (Å²) in [5, 5.41) is 0. The summed E-state index contributed by atoms with van der Waals surface area (Å²) in [7, 11) is 0. The van der Waals surface area contributed by atoms with Crippen molar-refractivity contribution in [3.63, 3.8) is 0 Å². The average Bonchev–Trinajstić information content (AvgIpc) is 2.37. The number of hydrogen-bond acceptors (Lipinski definition) is 1. The SMILES string of the molecule is CCCCCCCCCC(N)Cc1cccc(Br)c1. The molecule has 19 heavy (non-hydrogen) atoms. The van der Waals surface area contributed by atoms with Crippen LogP contribution in [-0.4, -0.2) is 6.04 Å². The maximum Gasteiger partial charge on any atom is 0.0178 e. The van der Waals surface area contributed by atoms with E-state index >= 15 is 0 Å². The van der Waals surface area contributed by atoms with E-state index in [1.54, 1.807) is 0 Å². The van der Waals surface area contributed by atoms with E-state index < -0.39 is 0 Å². The van der Waals surface area contributed by atoms with Gasteiger partial charge in [-0.25, -0.2) is 0 Å². The van der Waals surface area contributed by atoms with Gasteiger partial charge in [0.05, 0.1) is 0 Å². The molecule has 0 amide bonds. The molecule has 1 unspecified atom stereocenters. The molecule has 1 aromatic rings. The Morgan fingerprint density at radius 1 is 1.05 bits per heavy atom. The summed E-state index contributed by atoms with van der Waals surface area (Å²) in [6.07, 6.45) is 11.7. The number of benzene rings is 1. The summed E-state index contributed by atoms with van der Waals surface area (Å²) in [5.41, 5.74) is 7.54. The van der Waals surface area contributed by atoms with Crippen LogP contribution >= 0.6 is 15.9 Å². The Kier molecular flexibility index (Phi) is 9.19. The van der Waals surface area contributed by atoms with Crippen LogP contribution < -0.4 is 5.73 Å². The van der Waals surface area contributed by atoms with Crippen LogP contribution in [0.3, 0.4) is 0 Å². The van der Waals surface area contributed by atoms with Gasteiger partial charge in [-0.1, -0.05) is 79.9 Å². The van der Waals surface area contributed by atoms with E-state index in [9.17, 15) is 0 Å². The first-order valence-electron chi connectivity index (χ1n) is 7.72. The topological polar surface area (TPSA) is 26.0 Å². The Balaban J connectivity index is 2.06. The maximum atomic E-state index is 6.20. The predicted molar refractivity (Wildman–Crippen MR) is 88.4 cm³/mol. The molecule has 1 rings (SSSR count). The number of rotatable bonds is 10. The van der Waals surface area contributed by atoms with Crippen LogP contribution in [0.5, 0.6) is 0 Å². The molecule has 108 valence electrons. The summed E-state index contributed by atoms with van der Waals surface area (Å²) >= 11 is 3.51. The van der Waals surface area contributed by atoms with Crippen molar-refractivity contribution >= 4 is 15.9 Å². The molecule has 0 heterocycles. The van der Waals surface area contributed by atoms with Crippen LogP contribution in [0, 0.1) is 0 Å². The van der Waals surface area contributed by atoms with Gasteiger partial charge in [-0.15, -0.1) is 0 Å². The lowest BCUT2D eigenvalue weighted by atomic mass is 10.0. The number of nitrogens with two attached hydrogens (primary N) is 1. The normalized spacial score (nSPS) is 12.6. The second-order valence-corrected chi connectivity index (χ2v) is 6.42. The van der Waals surface area contributed by atoms with E-state index in [2.05, 4.69) is 47.1 Å². The monoisotopic (exact) mass is 325 g/mol. The van der Waals surface area contributed by atoms with Gasteiger partial charge in [0.2, 0.25) is 0 Å². The van der Waals surface area contributed by atoms with Crippen LogP contribution in [0.25, 0.3) is 0 Å². The van der Waals surface area contributed by atoms with Gasteiger partial charge in [0, 0.05) is 10.5 Å². The molecule has 0 bridgehead atoms. The van der Waals surface area contributed by atoms with Crippen LogP contribution in [0.1, 0.15) is 63.9 Å². The van der Waals surface area contributed by atoms with E-state index in [4.69, 9.17) is 5.73 Å². The maximum absolute atomic E-state index is 6.20. The first kappa shape index (κ1) is 16.7. The molecule has 0 aliphatic carbocycles. The minimum Gasteiger partial charge on any atom is -0.327 e. The molecule has 1 aromatic carbocycles. The standard InChI is InChI=1S/C17H28BrN/c1-2-3-4-5-6-7-8-12-17(19)14-15-10-9-11-16(18)13-15/h9-11,13,17H,2-8,12,14,19H2,1H3. The molecule has 0 saturated carbocycles. The van der Waals surface area contributed by atoms with E-state index in [0.29, 0.717) is 6.04 Å². The Hall–Kier alpha value is -0.340. The Morgan fingerprint density at radius 3 is 2.42 bits per heavy atom. The number of unbranched alkanes of at least 4 members (excludes halogenated alkanes) is 6. The zero-order chi connectivity index (χ0) is 13.9. The zero-order valence-corrected chi connectivity index (χ0v) is 13.8. The molecule has 0 spiro atoms. The molecular formula is C17H28BrN. The Morgan fingerprint density at radius 2 is 1.74 bits per heavy atom. The van der Waals surface area contributed by atoms with Gasteiger partial charge in [0.1, 0.15) is 0 Å². The average molecular weight is 326 g/mol. The van der Waals surface area contributed by atoms with Crippen molar-refractivity contribution in [2.24, 2.45) is 5.73 Å². The minimum absolute atomic E-state index is 0.310. The second kappa shape index (κ2) is 10.4. The van der Waals surface area contributed by atoms with Crippen LogP contribution in [0.15, 0.2) is 28.7 Å². The molecule has 0 aliphatic heterocycles. The van der Waals surface area contributed by atoms with Crippen molar-refractivity contribution in [3.8, 4) is 0 Å². The summed E-state index contributed by atoms with van der Waals surface area (Å²) < 4.78 is 1.15. The van der Waals surface area contributed by atoms with Crippen LogP contribution in [-0.2, 0) is 6.42 Å². The van der Waals surface area contributed by atoms with Crippen molar-refractivity contribution in [3.05, 3.63) is 34.3 Å². The van der Waals surface area contributed by atoms with Crippen molar-refractivity contribution in [2.45, 2.75) is 70.8 Å². The Bertz CT molecular complexity index is 338. The van der Waals surface area contributed by atoms with Gasteiger partial charge in [0.25, 0.3) is 0 Å². The summed E-state index contributed by atoms with van der Waals surface area (Å²) in [5.74, 6) is 0. The van der Waals surface area contributed by atoms with Gasteiger partial charge in [-0.3, -0.25) is 0 Å². The number of halogens is 1. The first-order valence-corrected chi connectivity index (χ1v) is 8.51. The van der Waals surface area contributed by atoms with Gasteiger partial charge < -0.3 is 5.73 Å². The highest BCUT2D eigenvalue weighted by Crippen LogP contribution is 2.15. The zero-order valence-electron chi connectivity index (χ0n) is 12.2. The summed E-state index contributed by atoms with van der Waals surface area (Å²) in [4.78, 5) is 0. The molecule has 0 fully saturated rings. The highest BCUT2D eigenvalue weighted by atomic mass is 79.9. The molecule has 1 atom stereocenters. The first-order chi connectivity index (χ1) is 9.22. The van der Waals surface area contributed by atoms with Crippen LogP contribution in [0.4, 0.5) is 0 Å². The van der Waals surface area contributed by atoms with Crippen molar-refractivity contribution < 1.29 is 0 Å². The smallest absolute Gasteiger partial charge is 0.0178 e. The third kappa shape index (κ3) is 8.43. The molecule has 0 aromatic heterocycles. The largest absolute Gasteiger partial charge is 0.327 e. The van der Waals surface area contributed by atoms with Gasteiger partial charge >= 0.3 is 0 Å². The van der Waals surface area contributed by atoms with Crippen molar-refractivity contribution in [1.29, 1.82) is 0 Å². The second-order valence-electron chi connectivity index (χ2n) is 5.50. The third-order valence-electron chi connectivity index (χ3n) is 3.57. The molecule has 1 nitrogen and oxygen atoms in total. The fourth-order valence-electron chi connectivity index (χ4n) is 2.43. The van der Waals surface area contributed by atoms with E-state index in [1.165, 1.54) is 50.5 Å². The highest BCUT2D eigenvalue weighted by molar-refractivity contribution is 9.10. The highest BCUT2D eigenvalue weighted by Gasteiger charge is 2.04. The molecular weight excluding hydrogens is 298 g/mol. The lowest BCUT2D eigenvalue weighted by Crippen LogP contribution is -2.22. The van der Waals surface area contributed by atoms with E-state index in [0.717, 1.165) is 17.3 Å². The lowest BCUT2D eigenvalue weighted by molar-refractivity contribution is 0.528. The van der Waals surface area contributed by atoms with E-state index in [1.807, 2.05) is 0 Å². The Labute approximate surface area is 127 Å². The fourth-order valence-corrected chi connectivity index (χ4v) is 2.88. The van der Waals surface area contributed by atoms with Gasteiger partial charge in [-0.05, 0) is 30.5 Å². The molecule has 0 radical (unpaired) electrons. The summed E-state index contributed by atoms with van der Waals surface area (Å²) in [6, 6.07) is 8.79. The molecule has 0 saturated heterocycles. The minimum atomic E-state index is 0.310. The number of hydrogen-bond donors (Lipinski definition) is 1. The third-order valence-corrected chi connectivity index (χ3v) is 4.06. The summed E-state index contributed by atoms with van der Waals surface area (Å²) in [6.45, 7) is 2.26. The molecule has 0 aliphatic rings. The predicted octanol–water partition coefficient (Wildman–Crippen LogP) is 5.46. The quantitative estimate of drug-likeness (QED) is 0.568. The molecule has 2 N–H and O–H groups in total. The van der Waals surface area contributed by atoms with Crippen LogP contribution in [0.2, 0.25) is 0 Å². The molecule has 2 heteroatoms. The van der Waals surface area contributed by atoms with Crippen molar-refractivity contribution in [1.82, 2.24) is 0 Å².